The minimum absolute atomic E-state index is 0.0269. The molecule has 248 valence electrons. The number of hydrogen-bond acceptors (Lipinski definition) is 9. The molecule has 0 bridgehead atoms. The summed E-state index contributed by atoms with van der Waals surface area (Å²) in [5.41, 5.74) is -0.184. The van der Waals surface area contributed by atoms with Crippen LogP contribution in [-0.4, -0.2) is 68.9 Å². The van der Waals surface area contributed by atoms with Crippen molar-refractivity contribution in [2.45, 2.75) is 103 Å². The molecule has 12 heteroatoms. The standard InChI is InChI=1S/C33H47N3O9/c1-21(19-33(2,3)4)17-24(37)18-23(22-9-6-5-7-10-22)11-8-16-44-28(40)13-12-26(38)34-20-25-29(41)30(42)31(45-25)36-15-14-27(39)35-32(36)43/h5-7,9-10,14-15,21,23,25,29-31,41-42H,8,11-13,16-20H2,1-4H3,(H,34,38)(H,35,39,43). The van der Waals surface area contributed by atoms with Gasteiger partial charge in [0.1, 0.15) is 24.1 Å². The maximum Gasteiger partial charge on any atom is 0.330 e. The van der Waals surface area contributed by atoms with E-state index in [1.165, 1.54) is 0 Å². The minimum atomic E-state index is -1.47. The number of benzene rings is 1. The van der Waals surface area contributed by atoms with Crippen LogP contribution in [0.4, 0.5) is 0 Å². The molecule has 1 aliphatic heterocycles. The summed E-state index contributed by atoms with van der Waals surface area (Å²) in [6.45, 7) is 8.65. The van der Waals surface area contributed by atoms with E-state index >= 15 is 0 Å². The van der Waals surface area contributed by atoms with Gasteiger partial charge in [0.05, 0.1) is 13.0 Å². The zero-order chi connectivity index (χ0) is 33.1. The van der Waals surface area contributed by atoms with E-state index < -0.39 is 47.7 Å². The van der Waals surface area contributed by atoms with Crippen LogP contribution in [0.5, 0.6) is 0 Å². The summed E-state index contributed by atoms with van der Waals surface area (Å²) in [4.78, 5) is 62.9. The average molecular weight is 630 g/mol. The first-order chi connectivity index (χ1) is 21.2. The Balaban J connectivity index is 1.38. The van der Waals surface area contributed by atoms with E-state index in [1.807, 2.05) is 35.3 Å². The van der Waals surface area contributed by atoms with E-state index in [-0.39, 0.29) is 43.1 Å². The number of aliphatic hydroxyl groups is 2. The number of aliphatic hydroxyl groups excluding tert-OH is 2. The van der Waals surface area contributed by atoms with Crippen LogP contribution in [0.1, 0.15) is 90.3 Å². The van der Waals surface area contributed by atoms with Gasteiger partial charge in [0, 0.05) is 38.1 Å². The summed E-state index contributed by atoms with van der Waals surface area (Å²) in [5, 5.41) is 23.2. The van der Waals surface area contributed by atoms with Gasteiger partial charge in [0.15, 0.2) is 6.23 Å². The monoisotopic (exact) mass is 629 g/mol. The number of hydrogen-bond donors (Lipinski definition) is 4. The fourth-order valence-corrected chi connectivity index (χ4v) is 5.84. The molecule has 0 aliphatic carbocycles. The molecular weight excluding hydrogens is 582 g/mol. The van der Waals surface area contributed by atoms with Crippen LogP contribution in [0.25, 0.3) is 0 Å². The third-order valence-corrected chi connectivity index (χ3v) is 7.76. The number of esters is 1. The van der Waals surface area contributed by atoms with E-state index in [0.29, 0.717) is 31.6 Å². The Morgan fingerprint density at radius 2 is 1.76 bits per heavy atom. The first kappa shape index (κ1) is 35.9. The van der Waals surface area contributed by atoms with E-state index in [9.17, 15) is 34.2 Å². The number of amides is 1. The number of nitrogens with zero attached hydrogens (tertiary/aromatic N) is 1. The number of ether oxygens (including phenoxy) is 2. The highest BCUT2D eigenvalue weighted by atomic mass is 16.6. The quantitative estimate of drug-likeness (QED) is 0.161. The lowest BCUT2D eigenvalue weighted by molar-refractivity contribution is -0.145. The molecule has 1 fully saturated rings. The highest BCUT2D eigenvalue weighted by Crippen LogP contribution is 2.30. The maximum atomic E-state index is 12.9. The first-order valence-corrected chi connectivity index (χ1v) is 15.6. The van der Waals surface area contributed by atoms with E-state index in [0.717, 1.165) is 28.8 Å². The van der Waals surface area contributed by atoms with Crippen molar-refractivity contribution in [1.29, 1.82) is 0 Å². The molecule has 0 spiro atoms. The zero-order valence-corrected chi connectivity index (χ0v) is 26.6. The number of nitrogens with one attached hydrogen (secondary N) is 2. The smallest absolute Gasteiger partial charge is 0.330 e. The summed E-state index contributed by atoms with van der Waals surface area (Å²) < 4.78 is 11.8. The lowest BCUT2D eigenvalue weighted by atomic mass is 9.81. The summed E-state index contributed by atoms with van der Waals surface area (Å²) in [6.07, 6.45) is -1.10. The van der Waals surface area contributed by atoms with Crippen LogP contribution in [0, 0.1) is 11.3 Å². The van der Waals surface area contributed by atoms with Gasteiger partial charge in [-0.05, 0) is 42.1 Å². The van der Waals surface area contributed by atoms with Crippen molar-refractivity contribution in [2.24, 2.45) is 11.3 Å². The van der Waals surface area contributed by atoms with E-state index in [4.69, 9.17) is 9.47 Å². The van der Waals surface area contributed by atoms with Gasteiger partial charge in [-0.1, -0.05) is 58.0 Å². The molecule has 45 heavy (non-hydrogen) atoms. The zero-order valence-electron chi connectivity index (χ0n) is 26.6. The SMILES string of the molecule is CC(CC(=O)CC(CCCOC(=O)CCC(=O)NCC1OC(n2ccc(=O)[nH]c2=O)C(O)C1O)c1ccccc1)CC(C)(C)C. The molecule has 6 atom stereocenters. The van der Waals surface area contributed by atoms with Crippen LogP contribution in [-0.2, 0) is 23.9 Å². The molecule has 4 N–H and O–H groups in total. The van der Waals surface area contributed by atoms with Gasteiger partial charge in [-0.3, -0.25) is 28.7 Å². The molecule has 1 aromatic carbocycles. The number of aromatic nitrogens is 2. The molecular formula is C33H47N3O9. The predicted octanol–water partition coefficient (Wildman–Crippen LogP) is 2.58. The lowest BCUT2D eigenvalue weighted by Gasteiger charge is -2.23. The van der Waals surface area contributed by atoms with Gasteiger partial charge in [0.25, 0.3) is 5.56 Å². The summed E-state index contributed by atoms with van der Waals surface area (Å²) >= 11 is 0. The molecule has 0 saturated carbocycles. The first-order valence-electron chi connectivity index (χ1n) is 15.6. The topological polar surface area (TPSA) is 177 Å². The van der Waals surface area contributed by atoms with Crippen molar-refractivity contribution in [1.82, 2.24) is 14.9 Å². The van der Waals surface area contributed by atoms with E-state index in [1.54, 1.807) is 0 Å². The summed E-state index contributed by atoms with van der Waals surface area (Å²) in [5.74, 6) is -0.447. The molecule has 3 rings (SSSR count). The second-order valence-corrected chi connectivity index (χ2v) is 13.2. The van der Waals surface area contributed by atoms with Crippen LogP contribution >= 0.6 is 0 Å². The summed E-state index contributed by atoms with van der Waals surface area (Å²) in [6, 6.07) is 11.0. The van der Waals surface area contributed by atoms with Crippen molar-refractivity contribution in [3.8, 4) is 0 Å². The van der Waals surface area contributed by atoms with Crippen LogP contribution < -0.4 is 16.6 Å². The molecule has 1 aliphatic rings. The molecule has 2 heterocycles. The van der Waals surface area contributed by atoms with Gasteiger partial charge in [-0.25, -0.2) is 4.79 Å². The van der Waals surface area contributed by atoms with Gasteiger partial charge in [-0.2, -0.15) is 0 Å². The van der Waals surface area contributed by atoms with Crippen molar-refractivity contribution in [3.63, 3.8) is 0 Å². The molecule has 0 radical (unpaired) electrons. The second-order valence-electron chi connectivity index (χ2n) is 13.2. The van der Waals surface area contributed by atoms with Crippen molar-refractivity contribution in [2.75, 3.05) is 13.2 Å². The number of carbonyl (C=O) groups excluding carboxylic acids is 3. The molecule has 12 nitrogen and oxygen atoms in total. The van der Waals surface area contributed by atoms with E-state index in [2.05, 4.69) is 33.0 Å². The van der Waals surface area contributed by atoms with Gasteiger partial charge < -0.3 is 25.0 Å². The van der Waals surface area contributed by atoms with Crippen molar-refractivity contribution >= 4 is 17.7 Å². The summed E-state index contributed by atoms with van der Waals surface area (Å²) in [7, 11) is 0. The van der Waals surface area contributed by atoms with Crippen LogP contribution in [0.3, 0.4) is 0 Å². The van der Waals surface area contributed by atoms with Gasteiger partial charge in [0.2, 0.25) is 5.91 Å². The molecule has 6 unspecified atom stereocenters. The second kappa shape index (κ2) is 16.6. The largest absolute Gasteiger partial charge is 0.466 e. The Morgan fingerprint density at radius 3 is 2.42 bits per heavy atom. The number of rotatable bonds is 16. The number of carbonyl (C=O) groups is 3. The lowest BCUT2D eigenvalue weighted by Crippen LogP contribution is -2.40. The molecule has 1 aromatic heterocycles. The average Bonchev–Trinajstić information content (AvgIpc) is 3.24. The molecule has 1 amide bonds. The number of aromatic amines is 1. The Morgan fingerprint density at radius 1 is 1.04 bits per heavy atom. The third kappa shape index (κ3) is 11.7. The minimum Gasteiger partial charge on any atom is -0.466 e. The van der Waals surface area contributed by atoms with Crippen molar-refractivity contribution < 1.29 is 34.1 Å². The highest BCUT2D eigenvalue weighted by molar-refractivity contribution is 5.81. The molecule has 2 aromatic rings. The number of Topliss-reactive ketones (excluding diaryl/α,β-unsaturated/α-hetero) is 1. The normalized spacial score (nSPS) is 21.2. The van der Waals surface area contributed by atoms with Gasteiger partial charge >= 0.3 is 11.7 Å². The molecule has 1 saturated heterocycles. The van der Waals surface area contributed by atoms with Crippen LogP contribution in [0.15, 0.2) is 52.2 Å². The van der Waals surface area contributed by atoms with Crippen molar-refractivity contribution in [3.05, 3.63) is 69.0 Å². The highest BCUT2D eigenvalue weighted by Gasteiger charge is 2.44. The Labute approximate surface area is 263 Å². The van der Waals surface area contributed by atoms with Gasteiger partial charge in [-0.15, -0.1) is 0 Å². The Kier molecular flexibility index (Phi) is 13.3. The maximum absolute atomic E-state index is 12.9. The fraction of sp³-hybridized carbons (Fsp3) is 0.606. The Hall–Kier alpha value is -3.61. The number of ketones is 1. The Bertz CT molecular complexity index is 1380. The number of H-pyrrole nitrogens is 1. The van der Waals surface area contributed by atoms with Crippen LogP contribution in [0.2, 0.25) is 0 Å². The fourth-order valence-electron chi connectivity index (χ4n) is 5.84. The third-order valence-electron chi connectivity index (χ3n) is 7.76. The predicted molar refractivity (Wildman–Crippen MR) is 166 cm³/mol.